The van der Waals surface area contributed by atoms with Crippen molar-refractivity contribution in [3.8, 4) is 5.75 Å². The van der Waals surface area contributed by atoms with Gasteiger partial charge in [0.25, 0.3) is 0 Å². The molecule has 0 aliphatic rings. The zero-order chi connectivity index (χ0) is 16.2. The molecule has 1 heterocycles. The smallest absolute Gasteiger partial charge is 0.356 e. The molecule has 0 fully saturated rings. The van der Waals surface area contributed by atoms with Crippen LogP contribution in [0.15, 0.2) is 36.7 Å². The molecule has 2 rings (SSSR count). The minimum absolute atomic E-state index is 0.0717. The van der Waals surface area contributed by atoms with Crippen molar-refractivity contribution >= 4 is 11.8 Å². The Morgan fingerprint density at radius 1 is 1.32 bits per heavy atom. The van der Waals surface area contributed by atoms with Crippen LogP contribution in [-0.4, -0.2) is 34.7 Å². The summed E-state index contributed by atoms with van der Waals surface area (Å²) >= 11 is 0. The molecule has 1 aromatic heterocycles. The number of nitrogens with zero attached hydrogens (tertiary/aromatic N) is 2. The molecule has 116 valence electrons. The first-order valence-corrected chi connectivity index (χ1v) is 6.86. The lowest BCUT2D eigenvalue weighted by atomic mass is 9.84. The second-order valence-electron chi connectivity index (χ2n) is 5.56. The normalized spacial score (nSPS) is 11.0. The number of benzene rings is 1. The van der Waals surface area contributed by atoms with Crippen molar-refractivity contribution in [2.45, 2.75) is 19.3 Å². The molecule has 2 N–H and O–H groups in total. The monoisotopic (exact) mass is 301 g/mol. The van der Waals surface area contributed by atoms with Crippen LogP contribution < -0.4 is 10.1 Å². The molecule has 6 nitrogen and oxygen atoms in total. The molecule has 2 aromatic rings. The number of aromatic nitrogens is 2. The Kier molecular flexibility index (Phi) is 4.60. The fraction of sp³-hybridized carbons (Fsp3) is 0.312. The quantitative estimate of drug-likeness (QED) is 0.853. The topological polar surface area (TPSA) is 84.3 Å². The number of methoxy groups -OCH3 is 1. The summed E-state index contributed by atoms with van der Waals surface area (Å²) in [5.74, 6) is 0.271. The SMILES string of the molecule is COc1cccc(C(C)(C)CNc2cnc(C(=O)O)cn2)c1. The molecule has 0 saturated carbocycles. The van der Waals surface area contributed by atoms with Crippen LogP contribution in [0.4, 0.5) is 5.82 Å². The van der Waals surface area contributed by atoms with Crippen LogP contribution in [0.3, 0.4) is 0 Å². The number of carbonyl (C=O) groups is 1. The maximum atomic E-state index is 10.7. The first kappa shape index (κ1) is 15.8. The summed E-state index contributed by atoms with van der Waals surface area (Å²) in [6.07, 6.45) is 2.66. The van der Waals surface area contributed by atoms with Crippen molar-refractivity contribution in [2.24, 2.45) is 0 Å². The highest BCUT2D eigenvalue weighted by Gasteiger charge is 2.21. The fourth-order valence-corrected chi connectivity index (χ4v) is 1.99. The van der Waals surface area contributed by atoms with Gasteiger partial charge in [0.2, 0.25) is 0 Å². The number of anilines is 1. The van der Waals surface area contributed by atoms with Crippen LogP contribution in [0.1, 0.15) is 29.9 Å². The highest BCUT2D eigenvalue weighted by molar-refractivity contribution is 5.84. The zero-order valence-electron chi connectivity index (χ0n) is 12.8. The van der Waals surface area contributed by atoms with Gasteiger partial charge in [0.05, 0.1) is 19.5 Å². The highest BCUT2D eigenvalue weighted by atomic mass is 16.5. The van der Waals surface area contributed by atoms with Gasteiger partial charge in [-0.25, -0.2) is 14.8 Å². The largest absolute Gasteiger partial charge is 0.497 e. The van der Waals surface area contributed by atoms with Gasteiger partial charge >= 0.3 is 5.97 Å². The summed E-state index contributed by atoms with van der Waals surface area (Å²) < 4.78 is 5.25. The Labute approximate surface area is 129 Å². The van der Waals surface area contributed by atoms with E-state index in [4.69, 9.17) is 9.84 Å². The van der Waals surface area contributed by atoms with Gasteiger partial charge in [0.1, 0.15) is 11.6 Å². The standard InChI is InChI=1S/C16H19N3O3/c1-16(2,11-5-4-6-12(7-11)22-3)10-19-14-9-17-13(8-18-14)15(20)21/h4-9H,10H2,1-3H3,(H,18,19)(H,20,21). The maximum absolute atomic E-state index is 10.7. The summed E-state index contributed by atoms with van der Waals surface area (Å²) in [4.78, 5) is 18.6. The van der Waals surface area contributed by atoms with Crippen LogP contribution in [-0.2, 0) is 5.41 Å². The first-order chi connectivity index (χ1) is 10.4. The van der Waals surface area contributed by atoms with Crippen molar-refractivity contribution in [1.29, 1.82) is 0 Å². The Hall–Kier alpha value is -2.63. The van der Waals surface area contributed by atoms with Gasteiger partial charge in [-0.1, -0.05) is 26.0 Å². The van der Waals surface area contributed by atoms with E-state index in [9.17, 15) is 4.79 Å². The van der Waals surface area contributed by atoms with E-state index in [-0.39, 0.29) is 11.1 Å². The molecule has 0 bridgehead atoms. The van der Waals surface area contributed by atoms with Gasteiger partial charge in [-0.05, 0) is 17.7 Å². The Bertz CT molecular complexity index is 654. The zero-order valence-corrected chi connectivity index (χ0v) is 12.8. The van der Waals surface area contributed by atoms with Crippen molar-refractivity contribution in [2.75, 3.05) is 19.0 Å². The van der Waals surface area contributed by atoms with Crippen molar-refractivity contribution in [3.05, 3.63) is 47.9 Å². The van der Waals surface area contributed by atoms with Crippen LogP contribution in [0, 0.1) is 0 Å². The molecular formula is C16H19N3O3. The highest BCUT2D eigenvalue weighted by Crippen LogP contribution is 2.26. The molecule has 0 aliphatic heterocycles. The lowest BCUT2D eigenvalue weighted by Gasteiger charge is -2.26. The van der Waals surface area contributed by atoms with Gasteiger partial charge in [-0.2, -0.15) is 0 Å². The summed E-state index contributed by atoms with van der Waals surface area (Å²) in [6, 6.07) is 7.91. The van der Waals surface area contributed by atoms with Crippen LogP contribution in [0.25, 0.3) is 0 Å². The summed E-state index contributed by atoms with van der Waals surface area (Å²) in [7, 11) is 1.64. The van der Waals surface area contributed by atoms with Gasteiger partial charge in [0, 0.05) is 12.0 Å². The lowest BCUT2D eigenvalue weighted by Crippen LogP contribution is -2.28. The Balaban J connectivity index is 2.06. The molecule has 0 atom stereocenters. The predicted molar refractivity (Wildman–Crippen MR) is 83.5 cm³/mol. The van der Waals surface area contributed by atoms with Crippen molar-refractivity contribution in [3.63, 3.8) is 0 Å². The maximum Gasteiger partial charge on any atom is 0.356 e. The Morgan fingerprint density at radius 3 is 2.68 bits per heavy atom. The molecular weight excluding hydrogens is 282 g/mol. The van der Waals surface area contributed by atoms with E-state index in [0.717, 1.165) is 11.3 Å². The number of ether oxygens (including phenoxy) is 1. The molecule has 0 radical (unpaired) electrons. The number of hydrogen-bond donors (Lipinski definition) is 2. The predicted octanol–water partition coefficient (Wildman–Crippen LogP) is 2.57. The van der Waals surface area contributed by atoms with Gasteiger partial charge < -0.3 is 15.2 Å². The fourth-order valence-electron chi connectivity index (χ4n) is 1.99. The van der Waals surface area contributed by atoms with E-state index in [2.05, 4.69) is 29.1 Å². The Morgan fingerprint density at radius 2 is 2.09 bits per heavy atom. The minimum Gasteiger partial charge on any atom is -0.497 e. The third-order valence-corrected chi connectivity index (χ3v) is 3.43. The third kappa shape index (κ3) is 3.72. The number of hydrogen-bond acceptors (Lipinski definition) is 5. The minimum atomic E-state index is -1.09. The number of carboxylic acid groups (broad SMARTS) is 1. The number of carboxylic acids is 1. The van der Waals surface area contributed by atoms with E-state index in [1.54, 1.807) is 7.11 Å². The van der Waals surface area contributed by atoms with Gasteiger partial charge in [0.15, 0.2) is 5.69 Å². The van der Waals surface area contributed by atoms with Gasteiger partial charge in [-0.15, -0.1) is 0 Å². The van der Waals surface area contributed by atoms with Gasteiger partial charge in [-0.3, -0.25) is 0 Å². The van der Waals surface area contributed by atoms with E-state index in [1.807, 2.05) is 24.3 Å². The van der Waals surface area contributed by atoms with Crippen LogP contribution in [0.5, 0.6) is 5.75 Å². The molecule has 22 heavy (non-hydrogen) atoms. The number of aromatic carboxylic acids is 1. The van der Waals surface area contributed by atoms with E-state index < -0.39 is 5.97 Å². The summed E-state index contributed by atoms with van der Waals surface area (Å²) in [5, 5.41) is 12.0. The molecule has 6 heteroatoms. The first-order valence-electron chi connectivity index (χ1n) is 6.86. The van der Waals surface area contributed by atoms with Crippen LogP contribution >= 0.6 is 0 Å². The lowest BCUT2D eigenvalue weighted by molar-refractivity contribution is 0.0690. The molecule has 0 unspecified atom stereocenters. The average molecular weight is 301 g/mol. The summed E-state index contributed by atoms with van der Waals surface area (Å²) in [6.45, 7) is 4.84. The second kappa shape index (κ2) is 6.43. The second-order valence-corrected chi connectivity index (χ2v) is 5.56. The average Bonchev–Trinajstić information content (AvgIpc) is 2.53. The number of nitrogens with one attached hydrogen (secondary N) is 1. The molecule has 1 aromatic carbocycles. The molecule has 0 aliphatic carbocycles. The number of rotatable bonds is 6. The van der Waals surface area contributed by atoms with Crippen LogP contribution in [0.2, 0.25) is 0 Å². The van der Waals surface area contributed by atoms with E-state index in [0.29, 0.717) is 12.4 Å². The summed E-state index contributed by atoms with van der Waals surface area (Å²) in [5.41, 5.74) is 0.911. The van der Waals surface area contributed by atoms with Crippen molar-refractivity contribution < 1.29 is 14.6 Å². The van der Waals surface area contributed by atoms with Crippen molar-refractivity contribution in [1.82, 2.24) is 9.97 Å². The van der Waals surface area contributed by atoms with E-state index in [1.165, 1.54) is 12.4 Å². The molecule has 0 spiro atoms. The molecule has 0 amide bonds. The third-order valence-electron chi connectivity index (χ3n) is 3.43. The van der Waals surface area contributed by atoms with E-state index >= 15 is 0 Å². The molecule has 0 saturated heterocycles.